The Morgan fingerprint density at radius 3 is 2.21 bits per heavy atom. The lowest BCUT2D eigenvalue weighted by molar-refractivity contribution is 0.303. The van der Waals surface area contributed by atoms with Crippen molar-refractivity contribution >= 4 is 17.3 Å². The van der Waals surface area contributed by atoms with Gasteiger partial charge in [-0.25, -0.2) is 0 Å². The molecule has 0 aromatic rings. The number of nitrogens with zero attached hydrogens (tertiary/aromatic N) is 1. The summed E-state index contributed by atoms with van der Waals surface area (Å²) < 4.78 is 0. The van der Waals surface area contributed by atoms with Crippen LogP contribution in [-0.4, -0.2) is 30.1 Å². The van der Waals surface area contributed by atoms with Gasteiger partial charge in [0.25, 0.3) is 0 Å². The van der Waals surface area contributed by atoms with Crippen molar-refractivity contribution in [3.05, 3.63) is 0 Å². The predicted molar refractivity (Wildman–Crippen MR) is 67.5 cm³/mol. The fourth-order valence-electron chi connectivity index (χ4n) is 1.21. The lowest BCUT2D eigenvalue weighted by atomic mass is 9.96. The first-order valence-electron chi connectivity index (χ1n) is 5.21. The zero-order chi connectivity index (χ0) is 11.4. The molecule has 0 heterocycles. The first kappa shape index (κ1) is 13.7. The minimum Gasteiger partial charge on any atom is -0.362 e. The quantitative estimate of drug-likeness (QED) is 0.730. The van der Waals surface area contributed by atoms with E-state index in [9.17, 15) is 0 Å². The fourth-order valence-corrected chi connectivity index (χ4v) is 1.36. The van der Waals surface area contributed by atoms with Crippen molar-refractivity contribution < 1.29 is 0 Å². The topological polar surface area (TPSA) is 15.3 Å². The highest BCUT2D eigenvalue weighted by Gasteiger charge is 2.15. The lowest BCUT2D eigenvalue weighted by Gasteiger charge is -2.29. The number of nitrogens with one attached hydrogen (secondary N) is 1. The molecule has 0 aliphatic carbocycles. The minimum absolute atomic E-state index is 0.290. The summed E-state index contributed by atoms with van der Waals surface area (Å²) in [6.45, 7) is 12.9. The largest absolute Gasteiger partial charge is 0.362 e. The standard InChI is InChI=1S/C11H24N2S/c1-9(2)7-12-10(14)13(6)8-11(3,4)5/h9H,7-8H2,1-6H3,(H,12,14). The van der Waals surface area contributed by atoms with Crippen LogP contribution in [-0.2, 0) is 0 Å². The summed E-state index contributed by atoms with van der Waals surface area (Å²) in [6.07, 6.45) is 0. The molecule has 14 heavy (non-hydrogen) atoms. The molecule has 0 saturated heterocycles. The molecular weight excluding hydrogens is 192 g/mol. The smallest absolute Gasteiger partial charge is 0.168 e. The predicted octanol–water partition coefficient (Wildman–Crippen LogP) is 2.49. The molecule has 3 heteroatoms. The van der Waals surface area contributed by atoms with Crippen LogP contribution in [0.15, 0.2) is 0 Å². The van der Waals surface area contributed by atoms with Gasteiger partial charge in [0.1, 0.15) is 0 Å². The third-order valence-corrected chi connectivity index (χ3v) is 2.18. The first-order valence-corrected chi connectivity index (χ1v) is 5.62. The van der Waals surface area contributed by atoms with Gasteiger partial charge in [0, 0.05) is 20.1 Å². The highest BCUT2D eigenvalue weighted by atomic mass is 32.1. The van der Waals surface area contributed by atoms with Gasteiger partial charge in [-0.2, -0.15) is 0 Å². The molecule has 0 saturated carbocycles. The summed E-state index contributed by atoms with van der Waals surface area (Å²) in [5.41, 5.74) is 0.290. The highest BCUT2D eigenvalue weighted by molar-refractivity contribution is 7.80. The van der Waals surface area contributed by atoms with Crippen LogP contribution in [0.3, 0.4) is 0 Å². The van der Waals surface area contributed by atoms with Gasteiger partial charge < -0.3 is 10.2 Å². The third-order valence-electron chi connectivity index (χ3n) is 1.72. The third kappa shape index (κ3) is 7.13. The Bertz CT molecular complexity index is 182. The molecule has 0 amide bonds. The molecule has 0 unspecified atom stereocenters. The Labute approximate surface area is 94.1 Å². The normalized spacial score (nSPS) is 11.6. The monoisotopic (exact) mass is 216 g/mol. The van der Waals surface area contributed by atoms with E-state index in [4.69, 9.17) is 12.2 Å². The Hall–Kier alpha value is -0.310. The van der Waals surface area contributed by atoms with Crippen LogP contribution in [0, 0.1) is 11.3 Å². The molecule has 0 aliphatic rings. The summed E-state index contributed by atoms with van der Waals surface area (Å²) in [6, 6.07) is 0. The van der Waals surface area contributed by atoms with E-state index in [0.717, 1.165) is 18.2 Å². The van der Waals surface area contributed by atoms with E-state index in [1.54, 1.807) is 0 Å². The van der Waals surface area contributed by atoms with Gasteiger partial charge in [-0.3, -0.25) is 0 Å². The van der Waals surface area contributed by atoms with E-state index in [1.807, 2.05) is 7.05 Å². The van der Waals surface area contributed by atoms with Gasteiger partial charge in [0.15, 0.2) is 5.11 Å². The molecule has 0 aliphatic heterocycles. The van der Waals surface area contributed by atoms with Crippen LogP contribution in [0.2, 0.25) is 0 Å². The minimum atomic E-state index is 0.290. The van der Waals surface area contributed by atoms with E-state index in [1.165, 1.54) is 0 Å². The van der Waals surface area contributed by atoms with E-state index in [2.05, 4.69) is 44.8 Å². The molecule has 2 nitrogen and oxygen atoms in total. The molecule has 0 radical (unpaired) electrons. The van der Waals surface area contributed by atoms with E-state index < -0.39 is 0 Å². The Kier molecular flexibility index (Phi) is 5.42. The van der Waals surface area contributed by atoms with Gasteiger partial charge in [-0.15, -0.1) is 0 Å². The van der Waals surface area contributed by atoms with Crippen LogP contribution < -0.4 is 5.32 Å². The molecule has 1 N–H and O–H groups in total. The van der Waals surface area contributed by atoms with Crippen LogP contribution in [0.4, 0.5) is 0 Å². The fraction of sp³-hybridized carbons (Fsp3) is 0.909. The van der Waals surface area contributed by atoms with Crippen molar-refractivity contribution in [2.45, 2.75) is 34.6 Å². The summed E-state index contributed by atoms with van der Waals surface area (Å²) in [5, 5.41) is 4.12. The summed E-state index contributed by atoms with van der Waals surface area (Å²) in [5.74, 6) is 0.635. The Morgan fingerprint density at radius 2 is 1.86 bits per heavy atom. The molecule has 0 atom stereocenters. The molecule has 0 fully saturated rings. The number of hydrogen-bond donors (Lipinski definition) is 1. The average molecular weight is 216 g/mol. The van der Waals surface area contributed by atoms with E-state index >= 15 is 0 Å². The number of rotatable bonds is 3. The summed E-state index contributed by atoms with van der Waals surface area (Å²) in [4.78, 5) is 2.11. The van der Waals surface area contributed by atoms with E-state index in [-0.39, 0.29) is 0 Å². The Morgan fingerprint density at radius 1 is 1.36 bits per heavy atom. The van der Waals surface area contributed by atoms with Gasteiger partial charge in [-0.1, -0.05) is 34.6 Å². The van der Waals surface area contributed by atoms with E-state index in [0.29, 0.717) is 11.3 Å². The zero-order valence-electron chi connectivity index (χ0n) is 10.3. The molecule has 0 bridgehead atoms. The van der Waals surface area contributed by atoms with Crippen molar-refractivity contribution in [3.8, 4) is 0 Å². The number of thiocarbonyl (C=S) groups is 1. The number of hydrogen-bond acceptors (Lipinski definition) is 1. The second-order valence-electron chi connectivity index (χ2n) is 5.50. The second kappa shape index (κ2) is 5.54. The molecule has 84 valence electrons. The van der Waals surface area contributed by atoms with Crippen LogP contribution >= 0.6 is 12.2 Å². The zero-order valence-corrected chi connectivity index (χ0v) is 11.2. The van der Waals surface area contributed by atoms with Gasteiger partial charge in [0.2, 0.25) is 0 Å². The van der Waals surface area contributed by atoms with Crippen molar-refractivity contribution in [1.29, 1.82) is 0 Å². The molecular formula is C11H24N2S. The molecule has 0 spiro atoms. The van der Waals surface area contributed by atoms with Crippen LogP contribution in [0.25, 0.3) is 0 Å². The Balaban J connectivity index is 3.88. The van der Waals surface area contributed by atoms with Crippen molar-refractivity contribution in [3.63, 3.8) is 0 Å². The van der Waals surface area contributed by atoms with Crippen molar-refractivity contribution in [2.75, 3.05) is 20.1 Å². The highest BCUT2D eigenvalue weighted by Crippen LogP contribution is 2.13. The maximum atomic E-state index is 5.28. The van der Waals surface area contributed by atoms with Crippen LogP contribution in [0.5, 0.6) is 0 Å². The maximum Gasteiger partial charge on any atom is 0.168 e. The van der Waals surface area contributed by atoms with Gasteiger partial charge in [-0.05, 0) is 23.6 Å². The van der Waals surface area contributed by atoms with Crippen molar-refractivity contribution in [2.24, 2.45) is 11.3 Å². The molecule has 0 aromatic carbocycles. The maximum absolute atomic E-state index is 5.28. The van der Waals surface area contributed by atoms with Gasteiger partial charge >= 0.3 is 0 Å². The van der Waals surface area contributed by atoms with Crippen LogP contribution in [0.1, 0.15) is 34.6 Å². The second-order valence-corrected chi connectivity index (χ2v) is 5.88. The average Bonchev–Trinajstić information content (AvgIpc) is 1.96. The summed E-state index contributed by atoms with van der Waals surface area (Å²) >= 11 is 5.28. The first-order chi connectivity index (χ1) is 6.22. The molecule has 0 aromatic heterocycles. The van der Waals surface area contributed by atoms with Crippen molar-refractivity contribution in [1.82, 2.24) is 10.2 Å². The molecule has 0 rings (SSSR count). The van der Waals surface area contributed by atoms with Gasteiger partial charge in [0.05, 0.1) is 0 Å². The summed E-state index contributed by atoms with van der Waals surface area (Å²) in [7, 11) is 2.04. The SMILES string of the molecule is CC(C)CNC(=S)N(C)CC(C)(C)C. The lowest BCUT2D eigenvalue weighted by Crippen LogP contribution is -2.42.